The van der Waals surface area contributed by atoms with E-state index in [0.29, 0.717) is 12.0 Å². The molecule has 0 radical (unpaired) electrons. The summed E-state index contributed by atoms with van der Waals surface area (Å²) >= 11 is 0. The number of hydrogen-bond acceptors (Lipinski definition) is 3. The molecule has 2 fully saturated rings. The maximum Gasteiger partial charge on any atom is 0.404 e. The Kier molecular flexibility index (Phi) is 6.10. The first-order valence-electron chi connectivity index (χ1n) is 8.02. The summed E-state index contributed by atoms with van der Waals surface area (Å²) in [7, 11) is 0. The number of piperidine rings is 1. The third-order valence-electron chi connectivity index (χ3n) is 4.58. The number of carbonyl (C=O) groups is 1. The molecule has 1 aliphatic heterocycles. The molecule has 1 saturated heterocycles. The maximum absolute atomic E-state index is 10.9. The van der Waals surface area contributed by atoms with Crippen LogP contribution in [0.1, 0.15) is 45.4 Å². The molecule has 0 bridgehead atoms. The van der Waals surface area contributed by atoms with Gasteiger partial charge in [0, 0.05) is 25.7 Å². The molecule has 0 aromatic carbocycles. The second kappa shape index (κ2) is 7.84. The van der Waals surface area contributed by atoms with Crippen LogP contribution in [0.3, 0.4) is 0 Å². The predicted octanol–water partition coefficient (Wildman–Crippen LogP) is 2.31. The van der Waals surface area contributed by atoms with Crippen LogP contribution in [-0.2, 0) is 4.74 Å². The fourth-order valence-corrected chi connectivity index (χ4v) is 3.66. The number of hydrogen-bond donors (Lipinski definition) is 2. The summed E-state index contributed by atoms with van der Waals surface area (Å²) in [6, 6.07) is 0.133. The molecule has 1 heterocycles. The van der Waals surface area contributed by atoms with Crippen LogP contribution in [0.25, 0.3) is 0 Å². The average Bonchev–Trinajstić information content (AvgIpc) is 2.41. The molecular formula is C15H28N2O3. The van der Waals surface area contributed by atoms with Crippen LogP contribution in [0, 0.1) is 5.92 Å². The van der Waals surface area contributed by atoms with Crippen LogP contribution >= 0.6 is 0 Å². The van der Waals surface area contributed by atoms with Crippen molar-refractivity contribution >= 4 is 6.09 Å². The normalized spacial score (nSPS) is 31.9. The molecule has 20 heavy (non-hydrogen) atoms. The highest BCUT2D eigenvalue weighted by Crippen LogP contribution is 2.26. The zero-order valence-electron chi connectivity index (χ0n) is 12.5. The largest absolute Gasteiger partial charge is 0.465 e. The van der Waals surface area contributed by atoms with Gasteiger partial charge in [-0.25, -0.2) is 4.79 Å². The first-order valence-corrected chi connectivity index (χ1v) is 8.02. The molecule has 2 rings (SSSR count). The molecule has 0 spiro atoms. The zero-order valence-corrected chi connectivity index (χ0v) is 12.5. The number of carboxylic acid groups (broad SMARTS) is 1. The molecule has 5 nitrogen and oxygen atoms in total. The van der Waals surface area contributed by atoms with E-state index < -0.39 is 6.09 Å². The van der Waals surface area contributed by atoms with Crippen molar-refractivity contribution in [2.45, 2.75) is 57.6 Å². The van der Waals surface area contributed by atoms with Gasteiger partial charge in [0.2, 0.25) is 0 Å². The Labute approximate surface area is 121 Å². The minimum absolute atomic E-state index is 0.133. The minimum atomic E-state index is -0.882. The number of nitrogens with zero attached hydrogens (tertiary/aromatic N) is 1. The van der Waals surface area contributed by atoms with Gasteiger partial charge in [-0.3, -0.25) is 0 Å². The van der Waals surface area contributed by atoms with E-state index in [-0.39, 0.29) is 6.04 Å². The van der Waals surface area contributed by atoms with Gasteiger partial charge >= 0.3 is 6.09 Å². The lowest BCUT2D eigenvalue weighted by Gasteiger charge is -2.38. The van der Waals surface area contributed by atoms with Crippen LogP contribution in [-0.4, -0.2) is 54.5 Å². The van der Waals surface area contributed by atoms with E-state index >= 15 is 0 Å². The molecule has 0 aromatic heterocycles. The summed E-state index contributed by atoms with van der Waals surface area (Å²) in [5.41, 5.74) is 0. The van der Waals surface area contributed by atoms with Crippen molar-refractivity contribution in [1.82, 2.24) is 10.2 Å². The highest BCUT2D eigenvalue weighted by atomic mass is 16.5. The van der Waals surface area contributed by atoms with E-state index in [9.17, 15) is 4.79 Å². The molecule has 5 heteroatoms. The predicted molar refractivity (Wildman–Crippen MR) is 78.0 cm³/mol. The Bertz CT molecular complexity index is 309. The lowest BCUT2D eigenvalue weighted by atomic mass is 9.84. The van der Waals surface area contributed by atoms with Gasteiger partial charge < -0.3 is 20.1 Å². The summed E-state index contributed by atoms with van der Waals surface area (Å²) in [6.07, 6.45) is 6.32. The summed E-state index contributed by atoms with van der Waals surface area (Å²) < 4.78 is 5.74. The topological polar surface area (TPSA) is 61.8 Å². The van der Waals surface area contributed by atoms with Crippen LogP contribution in [0.2, 0.25) is 0 Å². The van der Waals surface area contributed by atoms with Gasteiger partial charge in [0.1, 0.15) is 0 Å². The van der Waals surface area contributed by atoms with E-state index in [4.69, 9.17) is 9.84 Å². The lowest BCUT2D eigenvalue weighted by Crippen LogP contribution is -2.49. The summed E-state index contributed by atoms with van der Waals surface area (Å²) in [5, 5.41) is 11.7. The van der Waals surface area contributed by atoms with Gasteiger partial charge in [-0.15, -0.1) is 0 Å². The highest BCUT2D eigenvalue weighted by Gasteiger charge is 2.30. The maximum atomic E-state index is 10.9. The first kappa shape index (κ1) is 15.6. The van der Waals surface area contributed by atoms with Crippen LogP contribution in [0.5, 0.6) is 0 Å². The van der Waals surface area contributed by atoms with Crippen molar-refractivity contribution in [3.8, 4) is 0 Å². The summed E-state index contributed by atoms with van der Waals surface area (Å²) in [6.45, 7) is 5.97. The zero-order chi connectivity index (χ0) is 14.4. The van der Waals surface area contributed by atoms with Gasteiger partial charge in [0.25, 0.3) is 0 Å². The number of rotatable bonds is 5. The quantitative estimate of drug-likeness (QED) is 0.813. The van der Waals surface area contributed by atoms with Crippen LogP contribution in [0.15, 0.2) is 0 Å². The number of amides is 1. The van der Waals surface area contributed by atoms with Gasteiger partial charge in [-0.05, 0) is 45.1 Å². The number of likely N-dealkylation sites (tertiary alicyclic amines) is 1. The molecule has 0 aromatic rings. The van der Waals surface area contributed by atoms with Crippen LogP contribution < -0.4 is 5.32 Å². The molecule has 3 atom stereocenters. The second-order valence-electron chi connectivity index (χ2n) is 6.08. The second-order valence-corrected chi connectivity index (χ2v) is 6.08. The third kappa shape index (κ3) is 4.63. The number of ether oxygens (including phenoxy) is 1. The van der Waals surface area contributed by atoms with E-state index in [1.165, 1.54) is 12.8 Å². The Hall–Kier alpha value is -0.810. The fraction of sp³-hybridized carbons (Fsp3) is 0.933. The highest BCUT2D eigenvalue weighted by molar-refractivity contribution is 5.64. The van der Waals surface area contributed by atoms with E-state index in [1.54, 1.807) is 0 Å². The first-order chi connectivity index (χ1) is 9.69. The van der Waals surface area contributed by atoms with Gasteiger partial charge in [0.15, 0.2) is 0 Å². The average molecular weight is 284 g/mol. The van der Waals surface area contributed by atoms with E-state index in [1.807, 2.05) is 6.92 Å². The molecule has 1 saturated carbocycles. The number of nitrogens with one attached hydrogen (secondary N) is 1. The summed E-state index contributed by atoms with van der Waals surface area (Å²) in [5.74, 6) is 0.459. The molecule has 2 unspecified atom stereocenters. The molecule has 1 aliphatic carbocycles. The molecular weight excluding hydrogens is 256 g/mol. The van der Waals surface area contributed by atoms with Gasteiger partial charge in [0.05, 0.1) is 6.10 Å². The van der Waals surface area contributed by atoms with E-state index in [2.05, 4.69) is 10.2 Å². The molecule has 116 valence electrons. The smallest absolute Gasteiger partial charge is 0.404 e. The minimum Gasteiger partial charge on any atom is -0.465 e. The van der Waals surface area contributed by atoms with Crippen molar-refractivity contribution in [3.63, 3.8) is 0 Å². The fourth-order valence-electron chi connectivity index (χ4n) is 3.66. The molecule has 2 N–H and O–H groups in total. The van der Waals surface area contributed by atoms with Crippen molar-refractivity contribution in [3.05, 3.63) is 0 Å². The van der Waals surface area contributed by atoms with Crippen molar-refractivity contribution < 1.29 is 14.6 Å². The molecule has 1 amide bonds. The van der Waals surface area contributed by atoms with Crippen molar-refractivity contribution in [2.24, 2.45) is 5.92 Å². The van der Waals surface area contributed by atoms with Gasteiger partial charge in [-0.2, -0.15) is 0 Å². The van der Waals surface area contributed by atoms with Crippen molar-refractivity contribution in [1.29, 1.82) is 0 Å². The molecule has 2 aliphatic rings. The Balaban J connectivity index is 1.84. The Morgan fingerprint density at radius 1 is 1.30 bits per heavy atom. The lowest BCUT2D eigenvalue weighted by molar-refractivity contribution is -0.00147. The summed E-state index contributed by atoms with van der Waals surface area (Å²) in [4.78, 5) is 13.4. The Morgan fingerprint density at radius 3 is 2.85 bits per heavy atom. The standard InChI is InChI=1S/C15H28N2O3/c1-2-20-13-7-5-9-17(11-13)10-12-6-3-4-8-14(12)16-15(18)19/h12-14,16H,2-11H2,1H3,(H,18,19)/t12?,13-,14?/m1/s1. The van der Waals surface area contributed by atoms with Gasteiger partial charge in [-0.1, -0.05) is 12.8 Å². The van der Waals surface area contributed by atoms with Crippen molar-refractivity contribution in [2.75, 3.05) is 26.2 Å². The van der Waals surface area contributed by atoms with E-state index in [0.717, 1.165) is 51.9 Å². The Morgan fingerprint density at radius 2 is 2.10 bits per heavy atom. The van der Waals surface area contributed by atoms with Crippen LogP contribution in [0.4, 0.5) is 4.79 Å². The SMILES string of the molecule is CCO[C@@H]1CCCN(CC2CCCCC2NC(=O)O)C1. The monoisotopic (exact) mass is 284 g/mol. The third-order valence-corrected chi connectivity index (χ3v) is 4.58.